The van der Waals surface area contributed by atoms with E-state index in [1.165, 1.54) is 0 Å². The second kappa shape index (κ2) is 4.01. The zero-order chi connectivity index (χ0) is 12.6. The van der Waals surface area contributed by atoms with Crippen LogP contribution in [0.5, 0.6) is 0 Å². The highest BCUT2D eigenvalue weighted by Crippen LogP contribution is 2.28. The normalized spacial score (nSPS) is 10.5. The number of urea groups is 1. The Morgan fingerprint density at radius 3 is 2.71 bits per heavy atom. The van der Waals surface area contributed by atoms with Gasteiger partial charge in [0.25, 0.3) is 0 Å². The molecule has 0 aliphatic heterocycles. The Kier molecular flexibility index (Phi) is 2.67. The summed E-state index contributed by atoms with van der Waals surface area (Å²) in [5.74, 6) is 0. The van der Waals surface area contributed by atoms with Gasteiger partial charge in [-0.25, -0.2) is 4.79 Å². The topological polar surface area (TPSA) is 63.3 Å². The minimum Gasteiger partial charge on any atom is -0.378 e. The van der Waals surface area contributed by atoms with Gasteiger partial charge in [-0.3, -0.25) is 0 Å². The van der Waals surface area contributed by atoms with Crippen LogP contribution in [0, 0.1) is 0 Å². The van der Waals surface area contributed by atoms with Crippen LogP contribution in [-0.4, -0.2) is 24.7 Å². The average molecular weight is 232 g/mol. The number of hydrogen-bond acceptors (Lipinski definition) is 2. The number of carbonyl (C=O) groups is 1. The number of amides is 2. The summed E-state index contributed by atoms with van der Waals surface area (Å²) in [7, 11) is 5.89. The third-order valence-electron chi connectivity index (χ3n) is 2.75. The molecule has 0 bridgehead atoms. The smallest absolute Gasteiger partial charge is 0.316 e. The molecular formula is C12H16N4O. The minimum absolute atomic E-state index is 0.548. The Morgan fingerprint density at radius 1 is 1.41 bits per heavy atom. The maximum absolute atomic E-state index is 10.9. The predicted octanol–water partition coefficient (Wildman–Crippen LogP) is 1.73. The van der Waals surface area contributed by atoms with Crippen LogP contribution in [0.15, 0.2) is 24.4 Å². The molecule has 1 aromatic heterocycles. The van der Waals surface area contributed by atoms with E-state index < -0.39 is 6.03 Å². The van der Waals surface area contributed by atoms with E-state index in [1.807, 2.05) is 55.0 Å². The molecule has 90 valence electrons. The highest BCUT2D eigenvalue weighted by atomic mass is 16.2. The van der Waals surface area contributed by atoms with E-state index in [1.54, 1.807) is 0 Å². The molecular weight excluding hydrogens is 216 g/mol. The zero-order valence-corrected chi connectivity index (χ0v) is 10.2. The van der Waals surface area contributed by atoms with Crippen LogP contribution in [0.25, 0.3) is 10.9 Å². The van der Waals surface area contributed by atoms with E-state index in [0.717, 1.165) is 22.3 Å². The van der Waals surface area contributed by atoms with Gasteiger partial charge in [0.1, 0.15) is 0 Å². The van der Waals surface area contributed by atoms with E-state index in [4.69, 9.17) is 5.73 Å². The molecule has 1 aromatic carbocycles. The van der Waals surface area contributed by atoms with Crippen LogP contribution in [-0.2, 0) is 7.05 Å². The number of anilines is 2. The first-order chi connectivity index (χ1) is 7.99. The first-order valence-electron chi connectivity index (χ1n) is 5.32. The summed E-state index contributed by atoms with van der Waals surface area (Å²) in [6, 6.07) is 5.54. The molecule has 5 heteroatoms. The fraction of sp³-hybridized carbons (Fsp3) is 0.250. The lowest BCUT2D eigenvalue weighted by Crippen LogP contribution is -2.19. The van der Waals surface area contributed by atoms with Gasteiger partial charge < -0.3 is 20.5 Å². The molecule has 1 heterocycles. The van der Waals surface area contributed by atoms with E-state index >= 15 is 0 Å². The van der Waals surface area contributed by atoms with E-state index in [0.29, 0.717) is 0 Å². The summed E-state index contributed by atoms with van der Waals surface area (Å²) in [6.07, 6.45) is 1.86. The first-order valence-corrected chi connectivity index (χ1v) is 5.32. The summed E-state index contributed by atoms with van der Waals surface area (Å²) in [4.78, 5) is 12.9. The molecule has 17 heavy (non-hydrogen) atoms. The van der Waals surface area contributed by atoms with Crippen molar-refractivity contribution >= 4 is 28.3 Å². The summed E-state index contributed by atoms with van der Waals surface area (Å²) in [5, 5.41) is 3.62. The van der Waals surface area contributed by atoms with Crippen molar-refractivity contribution in [3.05, 3.63) is 24.4 Å². The van der Waals surface area contributed by atoms with Crippen molar-refractivity contribution in [2.45, 2.75) is 0 Å². The zero-order valence-electron chi connectivity index (χ0n) is 10.2. The number of primary amides is 1. The van der Waals surface area contributed by atoms with Crippen LogP contribution in [0.4, 0.5) is 16.2 Å². The van der Waals surface area contributed by atoms with Crippen molar-refractivity contribution < 1.29 is 4.79 Å². The number of rotatable bonds is 2. The molecule has 0 aliphatic carbocycles. The van der Waals surface area contributed by atoms with Crippen molar-refractivity contribution in [1.82, 2.24) is 4.57 Å². The number of carbonyl (C=O) groups excluding carboxylic acids is 1. The van der Waals surface area contributed by atoms with Gasteiger partial charge in [-0.2, -0.15) is 0 Å². The molecule has 2 rings (SSSR count). The van der Waals surface area contributed by atoms with Gasteiger partial charge in [-0.1, -0.05) is 0 Å². The molecule has 3 N–H and O–H groups in total. The van der Waals surface area contributed by atoms with Gasteiger partial charge in [0.05, 0.1) is 11.2 Å². The highest BCUT2D eigenvalue weighted by Gasteiger charge is 2.09. The quantitative estimate of drug-likeness (QED) is 0.828. The summed E-state index contributed by atoms with van der Waals surface area (Å²) in [6.45, 7) is 0. The molecule has 0 saturated carbocycles. The molecule has 0 fully saturated rings. The van der Waals surface area contributed by atoms with Crippen molar-refractivity contribution in [3.8, 4) is 0 Å². The van der Waals surface area contributed by atoms with Crippen molar-refractivity contribution in [2.24, 2.45) is 12.8 Å². The van der Waals surface area contributed by atoms with Crippen LogP contribution in [0.1, 0.15) is 0 Å². The van der Waals surface area contributed by atoms with Gasteiger partial charge >= 0.3 is 6.03 Å². The first kappa shape index (κ1) is 11.3. The lowest BCUT2D eigenvalue weighted by atomic mass is 10.2. The van der Waals surface area contributed by atoms with Gasteiger partial charge in [0.2, 0.25) is 0 Å². The van der Waals surface area contributed by atoms with E-state index in [-0.39, 0.29) is 0 Å². The summed E-state index contributed by atoms with van der Waals surface area (Å²) >= 11 is 0. The Morgan fingerprint density at radius 2 is 2.12 bits per heavy atom. The van der Waals surface area contributed by atoms with Crippen LogP contribution < -0.4 is 16.0 Å². The molecule has 0 unspecified atom stereocenters. The van der Waals surface area contributed by atoms with Gasteiger partial charge in [-0.15, -0.1) is 0 Å². The SMILES string of the molecule is CN(C)c1ccc2c(c1)c(NC(N)=O)cn2C. The molecule has 0 saturated heterocycles. The third-order valence-corrected chi connectivity index (χ3v) is 2.75. The standard InChI is InChI=1S/C12H16N4O/c1-15(2)8-4-5-11-9(6-8)10(7-16(11)3)14-12(13)17/h4-7H,1-3H3,(H3,13,14,17). The number of aryl methyl sites for hydroxylation is 1. The second-order valence-electron chi connectivity index (χ2n) is 4.24. The Hall–Kier alpha value is -2.17. The fourth-order valence-electron chi connectivity index (χ4n) is 1.89. The van der Waals surface area contributed by atoms with Gasteiger partial charge in [0.15, 0.2) is 0 Å². The summed E-state index contributed by atoms with van der Waals surface area (Å²) in [5.41, 5.74) is 8.02. The Labute approximate surface area is 99.8 Å². The van der Waals surface area contributed by atoms with Crippen LogP contribution in [0.3, 0.4) is 0 Å². The largest absolute Gasteiger partial charge is 0.378 e. The monoisotopic (exact) mass is 232 g/mol. The summed E-state index contributed by atoms with van der Waals surface area (Å²) < 4.78 is 1.96. The number of benzene rings is 1. The fourth-order valence-corrected chi connectivity index (χ4v) is 1.89. The maximum Gasteiger partial charge on any atom is 0.316 e. The van der Waals surface area contributed by atoms with Crippen molar-refractivity contribution in [3.63, 3.8) is 0 Å². The Balaban J connectivity index is 2.60. The molecule has 2 aromatic rings. The minimum atomic E-state index is -0.548. The van der Waals surface area contributed by atoms with E-state index in [9.17, 15) is 4.79 Å². The maximum atomic E-state index is 10.9. The second-order valence-corrected chi connectivity index (χ2v) is 4.24. The average Bonchev–Trinajstić information content (AvgIpc) is 2.54. The molecule has 0 radical (unpaired) electrons. The van der Waals surface area contributed by atoms with Crippen LogP contribution in [0.2, 0.25) is 0 Å². The third kappa shape index (κ3) is 2.04. The van der Waals surface area contributed by atoms with E-state index in [2.05, 4.69) is 5.32 Å². The highest BCUT2D eigenvalue weighted by molar-refractivity contribution is 6.02. The predicted molar refractivity (Wildman–Crippen MR) is 70.5 cm³/mol. The van der Waals surface area contributed by atoms with Crippen LogP contribution >= 0.6 is 0 Å². The molecule has 0 spiro atoms. The van der Waals surface area contributed by atoms with Gasteiger partial charge in [0, 0.05) is 38.4 Å². The van der Waals surface area contributed by atoms with Gasteiger partial charge in [-0.05, 0) is 18.2 Å². The lowest BCUT2D eigenvalue weighted by Gasteiger charge is -2.12. The number of hydrogen-bond donors (Lipinski definition) is 2. The van der Waals surface area contributed by atoms with Crippen molar-refractivity contribution in [2.75, 3.05) is 24.3 Å². The molecule has 0 aliphatic rings. The lowest BCUT2D eigenvalue weighted by molar-refractivity contribution is 0.259. The number of aromatic nitrogens is 1. The number of nitrogens with two attached hydrogens (primary N) is 1. The molecule has 0 atom stereocenters. The Bertz CT molecular complexity index is 571. The molecule has 5 nitrogen and oxygen atoms in total. The number of fused-ring (bicyclic) bond motifs is 1. The number of nitrogens with zero attached hydrogens (tertiary/aromatic N) is 2. The molecule has 2 amide bonds. The number of nitrogens with one attached hydrogen (secondary N) is 1. The van der Waals surface area contributed by atoms with Crippen molar-refractivity contribution in [1.29, 1.82) is 0 Å².